The molecule has 0 aliphatic heterocycles. The van der Waals surface area contributed by atoms with Crippen molar-refractivity contribution in [1.82, 2.24) is 5.32 Å². The number of hydrogen-bond donors (Lipinski definition) is 2. The number of methoxy groups -OCH3 is 1. The maximum atomic E-state index is 13.0. The molecule has 3 amide bonds. The molecule has 0 unspecified atom stereocenters. The summed E-state index contributed by atoms with van der Waals surface area (Å²) >= 11 is 0. The summed E-state index contributed by atoms with van der Waals surface area (Å²) in [6.07, 6.45) is 0.511. The highest BCUT2D eigenvalue weighted by molar-refractivity contribution is 6.01. The lowest BCUT2D eigenvalue weighted by Crippen LogP contribution is -2.37. The van der Waals surface area contributed by atoms with Crippen LogP contribution in [0.5, 0.6) is 5.75 Å². The third-order valence-corrected chi connectivity index (χ3v) is 5.19. The molecule has 0 spiro atoms. The van der Waals surface area contributed by atoms with Crippen LogP contribution in [-0.2, 0) is 0 Å². The van der Waals surface area contributed by atoms with Gasteiger partial charge in [-0.15, -0.1) is 0 Å². The van der Waals surface area contributed by atoms with Gasteiger partial charge in [0, 0.05) is 42.2 Å². The summed E-state index contributed by atoms with van der Waals surface area (Å²) in [5, 5.41) is 16.5. The molecule has 2 N–H and O–H groups in total. The molecule has 9 nitrogen and oxygen atoms in total. The SMILES string of the molecule is COc1ccc(N(CCCNC(=O)c2ccccc2C)C(=O)Nc2ccc([N+](=O)[O-])cc2)cc1. The zero-order chi connectivity index (χ0) is 24.5. The first kappa shape index (κ1) is 24.2. The van der Waals surface area contributed by atoms with Gasteiger partial charge in [-0.05, 0) is 61.4 Å². The fraction of sp³-hybridized carbons (Fsp3) is 0.200. The van der Waals surface area contributed by atoms with E-state index in [1.54, 1.807) is 42.3 Å². The molecule has 0 aliphatic rings. The van der Waals surface area contributed by atoms with E-state index >= 15 is 0 Å². The first-order valence-corrected chi connectivity index (χ1v) is 10.7. The number of nitro benzene ring substituents is 1. The number of hydrogen-bond acceptors (Lipinski definition) is 5. The van der Waals surface area contributed by atoms with Crippen molar-refractivity contribution in [1.29, 1.82) is 0 Å². The fourth-order valence-electron chi connectivity index (χ4n) is 3.33. The van der Waals surface area contributed by atoms with Crippen molar-refractivity contribution < 1.29 is 19.2 Å². The molecule has 0 atom stereocenters. The van der Waals surface area contributed by atoms with E-state index in [-0.39, 0.29) is 11.6 Å². The first-order valence-electron chi connectivity index (χ1n) is 10.7. The molecule has 176 valence electrons. The van der Waals surface area contributed by atoms with Crippen LogP contribution in [-0.4, -0.2) is 37.1 Å². The number of urea groups is 1. The number of anilines is 2. The van der Waals surface area contributed by atoms with Crippen molar-refractivity contribution >= 4 is 29.0 Å². The van der Waals surface area contributed by atoms with E-state index in [4.69, 9.17) is 4.74 Å². The molecule has 0 saturated carbocycles. The summed E-state index contributed by atoms with van der Waals surface area (Å²) in [5.74, 6) is 0.495. The first-order chi connectivity index (χ1) is 16.4. The van der Waals surface area contributed by atoms with Gasteiger partial charge in [0.25, 0.3) is 11.6 Å². The lowest BCUT2D eigenvalue weighted by Gasteiger charge is -2.23. The lowest BCUT2D eigenvalue weighted by molar-refractivity contribution is -0.384. The van der Waals surface area contributed by atoms with Crippen LogP contribution in [0.15, 0.2) is 72.8 Å². The van der Waals surface area contributed by atoms with E-state index in [0.29, 0.717) is 42.2 Å². The fourth-order valence-corrected chi connectivity index (χ4v) is 3.33. The van der Waals surface area contributed by atoms with Gasteiger partial charge >= 0.3 is 6.03 Å². The maximum absolute atomic E-state index is 13.0. The Labute approximate surface area is 197 Å². The van der Waals surface area contributed by atoms with Crippen molar-refractivity contribution in [2.24, 2.45) is 0 Å². The molecular formula is C25H26N4O5. The molecule has 0 aromatic heterocycles. The van der Waals surface area contributed by atoms with Crippen LogP contribution in [0.25, 0.3) is 0 Å². The molecule has 0 bridgehead atoms. The van der Waals surface area contributed by atoms with E-state index in [1.165, 1.54) is 24.3 Å². The normalized spacial score (nSPS) is 10.3. The largest absolute Gasteiger partial charge is 0.497 e. The Balaban J connectivity index is 1.66. The van der Waals surface area contributed by atoms with Crippen LogP contribution < -0.4 is 20.3 Å². The Morgan fingerprint density at radius 3 is 2.29 bits per heavy atom. The standard InChI is InChI=1S/C25H26N4O5/c1-18-6-3-4-7-23(18)24(30)26-16-5-17-28(20-12-14-22(34-2)15-13-20)25(31)27-19-8-10-21(11-9-19)29(32)33/h3-4,6-15H,5,16-17H2,1-2H3,(H,26,30)(H,27,31). The zero-order valence-electron chi connectivity index (χ0n) is 19.0. The van der Waals surface area contributed by atoms with Gasteiger partial charge in [0.05, 0.1) is 12.0 Å². The Kier molecular flexibility index (Phi) is 8.17. The number of benzene rings is 3. The van der Waals surface area contributed by atoms with E-state index in [9.17, 15) is 19.7 Å². The highest BCUT2D eigenvalue weighted by Gasteiger charge is 2.17. The van der Waals surface area contributed by atoms with Crippen LogP contribution in [0, 0.1) is 17.0 Å². The molecule has 0 heterocycles. The smallest absolute Gasteiger partial charge is 0.326 e. The predicted molar refractivity (Wildman–Crippen MR) is 131 cm³/mol. The number of aryl methyl sites for hydroxylation is 1. The van der Waals surface area contributed by atoms with Gasteiger partial charge in [-0.25, -0.2) is 4.79 Å². The summed E-state index contributed by atoms with van der Waals surface area (Å²) in [7, 11) is 1.56. The molecule has 34 heavy (non-hydrogen) atoms. The van der Waals surface area contributed by atoms with Gasteiger partial charge in [0.1, 0.15) is 5.75 Å². The Bertz CT molecular complexity index is 1150. The molecule has 0 saturated heterocycles. The minimum absolute atomic E-state index is 0.0607. The second-order valence-corrected chi connectivity index (χ2v) is 7.51. The molecule has 0 radical (unpaired) electrons. The minimum atomic E-state index is -0.500. The minimum Gasteiger partial charge on any atom is -0.497 e. The van der Waals surface area contributed by atoms with Crippen LogP contribution in [0.2, 0.25) is 0 Å². The number of nitro groups is 1. The van der Waals surface area contributed by atoms with Crippen molar-refractivity contribution in [3.8, 4) is 5.75 Å². The van der Waals surface area contributed by atoms with Gasteiger partial charge in [-0.2, -0.15) is 0 Å². The Morgan fingerprint density at radius 1 is 1.00 bits per heavy atom. The monoisotopic (exact) mass is 462 g/mol. The number of carbonyl (C=O) groups is 2. The van der Waals surface area contributed by atoms with E-state index in [0.717, 1.165) is 5.56 Å². The van der Waals surface area contributed by atoms with Crippen molar-refractivity contribution in [2.45, 2.75) is 13.3 Å². The van der Waals surface area contributed by atoms with Crippen LogP contribution in [0.1, 0.15) is 22.3 Å². The van der Waals surface area contributed by atoms with Gasteiger partial charge < -0.3 is 15.4 Å². The number of carbonyl (C=O) groups excluding carboxylic acids is 2. The molecule has 3 aromatic carbocycles. The van der Waals surface area contributed by atoms with Gasteiger partial charge in [-0.1, -0.05) is 18.2 Å². The summed E-state index contributed by atoms with van der Waals surface area (Å²) in [5.41, 5.74) is 2.52. The summed E-state index contributed by atoms with van der Waals surface area (Å²) in [6.45, 7) is 2.59. The molecule has 3 aromatic rings. The number of amides is 3. The average molecular weight is 463 g/mol. The molecule has 3 rings (SSSR count). The number of rotatable bonds is 9. The molecule has 9 heteroatoms. The number of ether oxygens (including phenoxy) is 1. The van der Waals surface area contributed by atoms with Crippen molar-refractivity contribution in [3.05, 3.63) is 94.0 Å². The van der Waals surface area contributed by atoms with E-state index in [2.05, 4.69) is 10.6 Å². The number of nitrogens with one attached hydrogen (secondary N) is 2. The van der Waals surface area contributed by atoms with Crippen LogP contribution in [0.3, 0.4) is 0 Å². The maximum Gasteiger partial charge on any atom is 0.326 e. The van der Waals surface area contributed by atoms with Crippen LogP contribution >= 0.6 is 0 Å². The van der Waals surface area contributed by atoms with Gasteiger partial charge in [0.2, 0.25) is 0 Å². The highest BCUT2D eigenvalue weighted by atomic mass is 16.6. The summed E-state index contributed by atoms with van der Waals surface area (Å²) in [4.78, 5) is 37.4. The highest BCUT2D eigenvalue weighted by Crippen LogP contribution is 2.22. The lowest BCUT2D eigenvalue weighted by atomic mass is 10.1. The van der Waals surface area contributed by atoms with Gasteiger partial charge in [0.15, 0.2) is 0 Å². The quantitative estimate of drug-likeness (QED) is 0.270. The summed E-state index contributed by atoms with van der Waals surface area (Å²) < 4.78 is 5.19. The second kappa shape index (κ2) is 11.5. The number of nitrogens with zero attached hydrogens (tertiary/aromatic N) is 2. The molecular weight excluding hydrogens is 436 g/mol. The Morgan fingerprint density at radius 2 is 1.68 bits per heavy atom. The van der Waals surface area contributed by atoms with Gasteiger partial charge in [-0.3, -0.25) is 19.8 Å². The van der Waals surface area contributed by atoms with E-state index < -0.39 is 11.0 Å². The third kappa shape index (κ3) is 6.32. The Hall–Kier alpha value is -4.40. The van der Waals surface area contributed by atoms with E-state index in [1.807, 2.05) is 25.1 Å². The number of non-ortho nitro benzene ring substituents is 1. The summed E-state index contributed by atoms with van der Waals surface area (Å²) in [6, 6.07) is 19.6. The molecule has 0 fully saturated rings. The van der Waals surface area contributed by atoms with Crippen LogP contribution in [0.4, 0.5) is 21.9 Å². The third-order valence-electron chi connectivity index (χ3n) is 5.19. The zero-order valence-corrected chi connectivity index (χ0v) is 19.0. The topological polar surface area (TPSA) is 114 Å². The predicted octanol–water partition coefficient (Wildman–Crippen LogP) is 4.77. The van der Waals surface area contributed by atoms with Crippen molar-refractivity contribution in [3.63, 3.8) is 0 Å². The van der Waals surface area contributed by atoms with Crippen molar-refractivity contribution in [2.75, 3.05) is 30.4 Å². The second-order valence-electron chi connectivity index (χ2n) is 7.51. The average Bonchev–Trinajstić information content (AvgIpc) is 2.84. The molecule has 0 aliphatic carbocycles.